The number of amides is 3. The fourth-order valence-corrected chi connectivity index (χ4v) is 6.46. The van der Waals surface area contributed by atoms with Crippen molar-refractivity contribution >= 4 is 33.9 Å². The minimum Gasteiger partial charge on any atom is -0.465 e. The van der Waals surface area contributed by atoms with E-state index in [4.69, 9.17) is 9.47 Å². The highest BCUT2D eigenvalue weighted by Gasteiger charge is 2.32. The van der Waals surface area contributed by atoms with Gasteiger partial charge in [-0.2, -0.15) is 4.72 Å². The van der Waals surface area contributed by atoms with Gasteiger partial charge in [-0.3, -0.25) is 14.4 Å². The fourth-order valence-electron chi connectivity index (χ4n) is 5.25. The average Bonchev–Trinajstić information content (AvgIpc) is 2.97. The monoisotopic (exact) mass is 622 g/mol. The summed E-state index contributed by atoms with van der Waals surface area (Å²) in [5.74, 6) is -1.28. The van der Waals surface area contributed by atoms with Gasteiger partial charge in [-0.05, 0) is 77.8 Å². The average molecular weight is 623 g/mol. The van der Waals surface area contributed by atoms with E-state index in [0.717, 1.165) is 19.3 Å². The maximum atomic E-state index is 13.0. The second kappa shape index (κ2) is 15.5. The van der Waals surface area contributed by atoms with Crippen LogP contribution in [0.25, 0.3) is 0 Å². The number of sulfonamides is 1. The van der Waals surface area contributed by atoms with Crippen molar-refractivity contribution in [3.8, 4) is 0 Å². The molecule has 2 saturated heterocycles. The maximum absolute atomic E-state index is 13.0. The van der Waals surface area contributed by atoms with Gasteiger partial charge in [0.25, 0.3) is 0 Å². The van der Waals surface area contributed by atoms with Crippen LogP contribution in [0.3, 0.4) is 0 Å². The van der Waals surface area contributed by atoms with E-state index < -0.39 is 33.6 Å². The number of nitrogens with one attached hydrogen (secondary N) is 2. The molecule has 2 fully saturated rings. The van der Waals surface area contributed by atoms with Crippen molar-refractivity contribution in [1.82, 2.24) is 19.8 Å². The van der Waals surface area contributed by atoms with Gasteiger partial charge in [0, 0.05) is 39.1 Å². The Balaban J connectivity index is 1.47. The quantitative estimate of drug-likeness (QED) is 0.358. The number of ether oxygens (including phenoxy) is 2. The predicted molar refractivity (Wildman–Crippen MR) is 159 cm³/mol. The van der Waals surface area contributed by atoms with Crippen molar-refractivity contribution in [3.05, 3.63) is 30.3 Å². The summed E-state index contributed by atoms with van der Waals surface area (Å²) < 4.78 is 38.4. The molecule has 0 spiro atoms. The summed E-state index contributed by atoms with van der Waals surface area (Å²) in [6, 6.07) is 6.32. The second-order valence-corrected chi connectivity index (χ2v) is 13.8. The Morgan fingerprint density at radius 1 is 1.00 bits per heavy atom. The van der Waals surface area contributed by atoms with Gasteiger partial charge in [0.1, 0.15) is 11.6 Å². The molecule has 0 aliphatic carbocycles. The summed E-state index contributed by atoms with van der Waals surface area (Å²) in [5, 5.41) is 2.69. The summed E-state index contributed by atoms with van der Waals surface area (Å²) >= 11 is 0. The summed E-state index contributed by atoms with van der Waals surface area (Å²) in [5.41, 5.74) is -0.536. The summed E-state index contributed by atoms with van der Waals surface area (Å²) in [4.78, 5) is 54.3. The van der Waals surface area contributed by atoms with E-state index in [9.17, 15) is 27.6 Å². The number of likely N-dealkylation sites (tertiary alicyclic amines) is 2. The van der Waals surface area contributed by atoms with Crippen molar-refractivity contribution < 1.29 is 37.1 Å². The molecule has 1 unspecified atom stereocenters. The van der Waals surface area contributed by atoms with Crippen LogP contribution in [-0.2, 0) is 33.9 Å². The first-order valence-electron chi connectivity index (χ1n) is 15.1. The zero-order valence-corrected chi connectivity index (χ0v) is 26.5. The molecular weight excluding hydrogens is 576 g/mol. The molecule has 2 heterocycles. The molecule has 0 saturated carbocycles. The maximum Gasteiger partial charge on any atom is 0.410 e. The third-order valence-electron chi connectivity index (χ3n) is 7.58. The minimum absolute atomic E-state index is 0.00732. The van der Waals surface area contributed by atoms with Crippen LogP contribution < -0.4 is 10.0 Å². The van der Waals surface area contributed by atoms with Gasteiger partial charge in [-0.25, -0.2) is 13.2 Å². The first-order chi connectivity index (χ1) is 20.3. The number of rotatable bonds is 11. The van der Waals surface area contributed by atoms with E-state index in [-0.39, 0.29) is 42.5 Å². The lowest BCUT2D eigenvalue weighted by Gasteiger charge is -2.34. The molecule has 2 N–H and O–H groups in total. The number of hydrogen-bond donors (Lipinski definition) is 2. The summed E-state index contributed by atoms with van der Waals surface area (Å²) in [6.07, 6.45) is 3.66. The van der Waals surface area contributed by atoms with Crippen LogP contribution in [-0.4, -0.2) is 93.1 Å². The molecular formula is C30H46N4O8S. The van der Waals surface area contributed by atoms with Crippen molar-refractivity contribution in [2.24, 2.45) is 11.8 Å². The molecule has 3 rings (SSSR count). The molecule has 2 aliphatic heterocycles. The van der Waals surface area contributed by atoms with Gasteiger partial charge in [-0.1, -0.05) is 18.2 Å². The lowest BCUT2D eigenvalue weighted by Crippen LogP contribution is -2.51. The molecule has 0 bridgehead atoms. The van der Waals surface area contributed by atoms with Gasteiger partial charge in [0.05, 0.1) is 17.4 Å². The van der Waals surface area contributed by atoms with E-state index in [1.165, 1.54) is 12.1 Å². The van der Waals surface area contributed by atoms with Gasteiger partial charge in [0.15, 0.2) is 0 Å². The van der Waals surface area contributed by atoms with Crippen LogP contribution >= 0.6 is 0 Å². The largest absolute Gasteiger partial charge is 0.465 e. The number of nitrogens with zero attached hydrogens (tertiary/aromatic N) is 2. The van der Waals surface area contributed by atoms with Gasteiger partial charge < -0.3 is 24.6 Å². The van der Waals surface area contributed by atoms with E-state index >= 15 is 0 Å². The first kappa shape index (κ1) is 34.3. The Morgan fingerprint density at radius 2 is 1.67 bits per heavy atom. The molecule has 1 aromatic carbocycles. The molecule has 2 aliphatic rings. The zero-order valence-electron chi connectivity index (χ0n) is 25.7. The van der Waals surface area contributed by atoms with E-state index in [0.29, 0.717) is 44.8 Å². The Kier molecular flexibility index (Phi) is 12.4. The van der Waals surface area contributed by atoms with E-state index in [2.05, 4.69) is 10.0 Å². The van der Waals surface area contributed by atoms with Crippen molar-refractivity contribution in [3.63, 3.8) is 0 Å². The molecule has 13 heteroatoms. The minimum atomic E-state index is -4.03. The van der Waals surface area contributed by atoms with Crippen LogP contribution in [0.5, 0.6) is 0 Å². The van der Waals surface area contributed by atoms with Gasteiger partial charge in [0.2, 0.25) is 21.8 Å². The molecule has 240 valence electrons. The fraction of sp³-hybridized carbons (Fsp3) is 0.667. The normalized spacial score (nSPS) is 18.9. The topological polar surface area (TPSA) is 151 Å². The number of hydrogen-bond acceptors (Lipinski definition) is 8. The number of esters is 1. The highest BCUT2D eigenvalue weighted by Crippen LogP contribution is 2.25. The van der Waals surface area contributed by atoms with E-state index in [1.54, 1.807) is 34.9 Å². The molecule has 43 heavy (non-hydrogen) atoms. The van der Waals surface area contributed by atoms with E-state index in [1.807, 2.05) is 20.8 Å². The zero-order chi connectivity index (χ0) is 31.6. The molecule has 2 atom stereocenters. The molecule has 1 aromatic rings. The van der Waals surface area contributed by atoms with Crippen LogP contribution in [0, 0.1) is 11.8 Å². The number of benzene rings is 1. The molecule has 0 aromatic heterocycles. The molecule has 12 nitrogen and oxygen atoms in total. The van der Waals surface area contributed by atoms with Gasteiger partial charge in [-0.15, -0.1) is 0 Å². The Labute approximate surface area is 254 Å². The second-order valence-electron chi connectivity index (χ2n) is 12.1. The van der Waals surface area contributed by atoms with Crippen molar-refractivity contribution in [1.29, 1.82) is 0 Å². The SMILES string of the molecule is CCOC(=O)C(CNC(=O)[C@@H]1CCCN(C(=O)CCC2CCN(C(=O)OC(C)(C)C)CC2)C1)NS(=O)(=O)c1ccccc1. The van der Waals surface area contributed by atoms with Crippen LogP contribution in [0.4, 0.5) is 4.79 Å². The van der Waals surface area contributed by atoms with Crippen LogP contribution in [0.15, 0.2) is 35.2 Å². The predicted octanol–water partition coefficient (Wildman–Crippen LogP) is 2.68. The highest BCUT2D eigenvalue weighted by molar-refractivity contribution is 7.89. The third kappa shape index (κ3) is 10.8. The summed E-state index contributed by atoms with van der Waals surface area (Å²) in [6.45, 7) is 8.96. The lowest BCUT2D eigenvalue weighted by molar-refractivity contribution is -0.145. The van der Waals surface area contributed by atoms with Crippen molar-refractivity contribution in [2.45, 2.75) is 82.8 Å². The number of carbonyl (C=O) groups is 4. The van der Waals surface area contributed by atoms with Crippen LogP contribution in [0.1, 0.15) is 66.2 Å². The van der Waals surface area contributed by atoms with Gasteiger partial charge >= 0.3 is 12.1 Å². The smallest absolute Gasteiger partial charge is 0.410 e. The first-order valence-corrected chi connectivity index (χ1v) is 16.5. The molecule has 0 radical (unpaired) electrons. The highest BCUT2D eigenvalue weighted by atomic mass is 32.2. The lowest BCUT2D eigenvalue weighted by atomic mass is 9.91. The van der Waals surface area contributed by atoms with Crippen molar-refractivity contribution in [2.75, 3.05) is 39.3 Å². The number of carbonyl (C=O) groups excluding carboxylic acids is 4. The standard InChI is InChI=1S/C30H46N4O8S/c1-5-41-28(37)25(32-43(39,40)24-11-7-6-8-12-24)20-31-27(36)23-10-9-17-34(21-23)26(35)14-13-22-15-18-33(19-16-22)29(38)42-30(2,3)4/h6-8,11-12,22-23,25,32H,5,9-10,13-21H2,1-4H3,(H,31,36)/t23-,25?/m1/s1. The third-order valence-corrected chi connectivity index (χ3v) is 9.07. The Hall–Kier alpha value is -3.19. The number of piperidine rings is 2. The summed E-state index contributed by atoms with van der Waals surface area (Å²) in [7, 11) is -4.03. The Morgan fingerprint density at radius 3 is 2.30 bits per heavy atom. The Bertz CT molecular complexity index is 1210. The van der Waals surface area contributed by atoms with Crippen LogP contribution in [0.2, 0.25) is 0 Å². The molecule has 3 amide bonds.